The van der Waals surface area contributed by atoms with Crippen LogP contribution in [0.4, 0.5) is 5.69 Å². The Balaban J connectivity index is 1.91. The summed E-state index contributed by atoms with van der Waals surface area (Å²) in [7, 11) is 0. The molecule has 0 heterocycles. The summed E-state index contributed by atoms with van der Waals surface area (Å²) >= 11 is 0. The summed E-state index contributed by atoms with van der Waals surface area (Å²) in [5.41, 5.74) is 3.46. The Labute approximate surface area is 145 Å². The Morgan fingerprint density at radius 1 is 1.00 bits per heavy atom. The van der Waals surface area contributed by atoms with E-state index in [1.165, 1.54) is 11.1 Å². The molecule has 2 aromatic rings. The number of benzene rings is 2. The fourth-order valence-electron chi connectivity index (χ4n) is 2.58. The van der Waals surface area contributed by atoms with E-state index in [1.807, 2.05) is 30.3 Å². The predicted octanol–water partition coefficient (Wildman–Crippen LogP) is 4.44. The summed E-state index contributed by atoms with van der Waals surface area (Å²) in [5.74, 6) is 0.0243. The molecule has 0 unspecified atom stereocenters. The molecule has 2 rings (SSSR count). The van der Waals surface area contributed by atoms with Gasteiger partial charge in [0.2, 0.25) is 5.91 Å². The minimum absolute atomic E-state index is 0.0243. The van der Waals surface area contributed by atoms with Crippen molar-refractivity contribution in [3.8, 4) is 0 Å². The standard InChI is InChI=1S/C21H28N2O/c1-5-23(15-17-9-7-6-8-10-17)16-20(24)22-19-13-11-18(12-14-19)21(2,3)4/h6-14H,5,15-16H2,1-4H3,(H,22,24). The zero-order valence-electron chi connectivity index (χ0n) is 15.2. The van der Waals surface area contributed by atoms with Gasteiger partial charge < -0.3 is 5.32 Å². The van der Waals surface area contributed by atoms with Crippen molar-refractivity contribution >= 4 is 11.6 Å². The first-order valence-corrected chi connectivity index (χ1v) is 8.55. The summed E-state index contributed by atoms with van der Waals surface area (Å²) in [6.07, 6.45) is 0. The largest absolute Gasteiger partial charge is 0.325 e. The summed E-state index contributed by atoms with van der Waals surface area (Å²) in [6.45, 7) is 10.6. The first kappa shape index (κ1) is 18.2. The van der Waals surface area contributed by atoms with Crippen LogP contribution in [0, 0.1) is 0 Å². The van der Waals surface area contributed by atoms with E-state index < -0.39 is 0 Å². The lowest BCUT2D eigenvalue weighted by atomic mass is 9.87. The number of nitrogens with zero attached hydrogens (tertiary/aromatic N) is 1. The third kappa shape index (κ3) is 5.50. The van der Waals surface area contributed by atoms with E-state index in [0.717, 1.165) is 18.8 Å². The summed E-state index contributed by atoms with van der Waals surface area (Å²) in [5, 5.41) is 2.99. The second-order valence-corrected chi connectivity index (χ2v) is 7.16. The maximum absolute atomic E-state index is 12.3. The van der Waals surface area contributed by atoms with E-state index in [1.54, 1.807) is 0 Å². The maximum Gasteiger partial charge on any atom is 0.238 e. The van der Waals surface area contributed by atoms with E-state index >= 15 is 0 Å². The van der Waals surface area contributed by atoms with Gasteiger partial charge in [-0.3, -0.25) is 9.69 Å². The van der Waals surface area contributed by atoms with Gasteiger partial charge >= 0.3 is 0 Å². The van der Waals surface area contributed by atoms with Gasteiger partial charge in [0.1, 0.15) is 0 Å². The number of hydrogen-bond donors (Lipinski definition) is 1. The Morgan fingerprint density at radius 2 is 1.62 bits per heavy atom. The molecule has 1 amide bonds. The number of anilines is 1. The van der Waals surface area contributed by atoms with Gasteiger partial charge in [0.25, 0.3) is 0 Å². The fourth-order valence-corrected chi connectivity index (χ4v) is 2.58. The van der Waals surface area contributed by atoms with Crippen LogP contribution in [-0.4, -0.2) is 23.9 Å². The molecular weight excluding hydrogens is 296 g/mol. The van der Waals surface area contributed by atoms with Crippen LogP contribution in [-0.2, 0) is 16.8 Å². The number of rotatable bonds is 6. The van der Waals surface area contributed by atoms with Gasteiger partial charge in [-0.05, 0) is 35.2 Å². The monoisotopic (exact) mass is 324 g/mol. The average molecular weight is 324 g/mol. The number of amides is 1. The fraction of sp³-hybridized carbons (Fsp3) is 0.381. The molecule has 2 aromatic carbocycles. The molecule has 128 valence electrons. The van der Waals surface area contributed by atoms with E-state index in [4.69, 9.17) is 0 Å². The van der Waals surface area contributed by atoms with Crippen LogP contribution in [0.5, 0.6) is 0 Å². The van der Waals surface area contributed by atoms with Gasteiger partial charge in [0.15, 0.2) is 0 Å². The number of nitrogens with one attached hydrogen (secondary N) is 1. The molecule has 1 N–H and O–H groups in total. The van der Waals surface area contributed by atoms with Crippen LogP contribution in [0.15, 0.2) is 54.6 Å². The van der Waals surface area contributed by atoms with Crippen molar-refractivity contribution in [2.24, 2.45) is 0 Å². The number of carbonyl (C=O) groups is 1. The Bertz CT molecular complexity index is 642. The highest BCUT2D eigenvalue weighted by molar-refractivity contribution is 5.92. The van der Waals surface area contributed by atoms with Crippen molar-refractivity contribution in [2.45, 2.75) is 39.7 Å². The van der Waals surface area contributed by atoms with Crippen LogP contribution in [0.1, 0.15) is 38.8 Å². The van der Waals surface area contributed by atoms with Crippen molar-refractivity contribution < 1.29 is 4.79 Å². The molecule has 0 atom stereocenters. The zero-order chi connectivity index (χ0) is 17.6. The lowest BCUT2D eigenvalue weighted by molar-refractivity contribution is -0.117. The van der Waals surface area contributed by atoms with Crippen LogP contribution >= 0.6 is 0 Å². The third-order valence-corrected chi connectivity index (χ3v) is 4.10. The van der Waals surface area contributed by atoms with Gasteiger partial charge in [0.05, 0.1) is 6.54 Å². The van der Waals surface area contributed by atoms with Crippen LogP contribution in [0.3, 0.4) is 0 Å². The van der Waals surface area contributed by atoms with E-state index in [0.29, 0.717) is 6.54 Å². The molecule has 0 bridgehead atoms. The van der Waals surface area contributed by atoms with E-state index in [-0.39, 0.29) is 11.3 Å². The van der Waals surface area contributed by atoms with Crippen molar-refractivity contribution in [2.75, 3.05) is 18.4 Å². The summed E-state index contributed by atoms with van der Waals surface area (Å²) < 4.78 is 0. The van der Waals surface area contributed by atoms with Crippen molar-refractivity contribution in [3.63, 3.8) is 0 Å². The zero-order valence-corrected chi connectivity index (χ0v) is 15.2. The lowest BCUT2D eigenvalue weighted by Crippen LogP contribution is -2.32. The van der Waals surface area contributed by atoms with Gasteiger partial charge in [-0.15, -0.1) is 0 Å². The normalized spacial score (nSPS) is 11.5. The number of carbonyl (C=O) groups excluding carboxylic acids is 1. The minimum atomic E-state index is 0.0243. The van der Waals surface area contributed by atoms with Crippen molar-refractivity contribution in [3.05, 3.63) is 65.7 Å². The van der Waals surface area contributed by atoms with Crippen molar-refractivity contribution in [1.29, 1.82) is 0 Å². The number of likely N-dealkylation sites (N-methyl/N-ethyl adjacent to an activating group) is 1. The minimum Gasteiger partial charge on any atom is -0.325 e. The molecular formula is C21H28N2O. The molecule has 0 saturated carbocycles. The highest BCUT2D eigenvalue weighted by Gasteiger charge is 2.14. The molecule has 0 saturated heterocycles. The van der Waals surface area contributed by atoms with Gasteiger partial charge in [-0.1, -0.05) is 70.2 Å². The molecule has 0 aliphatic heterocycles. The Hall–Kier alpha value is -2.13. The second-order valence-electron chi connectivity index (χ2n) is 7.16. The smallest absolute Gasteiger partial charge is 0.238 e. The van der Waals surface area contributed by atoms with Crippen LogP contribution < -0.4 is 5.32 Å². The lowest BCUT2D eigenvalue weighted by Gasteiger charge is -2.21. The summed E-state index contributed by atoms with van der Waals surface area (Å²) in [6, 6.07) is 18.4. The molecule has 3 heteroatoms. The van der Waals surface area contributed by atoms with E-state index in [9.17, 15) is 4.79 Å². The Kier molecular flexibility index (Phi) is 6.16. The highest BCUT2D eigenvalue weighted by Crippen LogP contribution is 2.23. The molecule has 0 spiro atoms. The molecule has 0 aromatic heterocycles. The summed E-state index contributed by atoms with van der Waals surface area (Å²) in [4.78, 5) is 14.4. The van der Waals surface area contributed by atoms with Crippen LogP contribution in [0.25, 0.3) is 0 Å². The quantitative estimate of drug-likeness (QED) is 0.851. The van der Waals surface area contributed by atoms with E-state index in [2.05, 4.69) is 62.2 Å². The maximum atomic E-state index is 12.3. The van der Waals surface area contributed by atoms with Gasteiger partial charge in [-0.2, -0.15) is 0 Å². The third-order valence-electron chi connectivity index (χ3n) is 4.10. The number of hydrogen-bond acceptors (Lipinski definition) is 2. The van der Waals surface area contributed by atoms with Gasteiger partial charge in [-0.25, -0.2) is 0 Å². The van der Waals surface area contributed by atoms with Gasteiger partial charge in [0, 0.05) is 12.2 Å². The highest BCUT2D eigenvalue weighted by atomic mass is 16.2. The predicted molar refractivity (Wildman–Crippen MR) is 101 cm³/mol. The Morgan fingerprint density at radius 3 is 2.17 bits per heavy atom. The first-order valence-electron chi connectivity index (χ1n) is 8.55. The molecule has 24 heavy (non-hydrogen) atoms. The van der Waals surface area contributed by atoms with Crippen LogP contribution in [0.2, 0.25) is 0 Å². The molecule has 0 radical (unpaired) electrons. The SMILES string of the molecule is CCN(CC(=O)Nc1ccc(C(C)(C)C)cc1)Cc1ccccc1. The molecule has 0 aliphatic rings. The molecule has 3 nitrogen and oxygen atoms in total. The first-order chi connectivity index (χ1) is 11.4. The molecule has 0 aliphatic carbocycles. The average Bonchev–Trinajstić information content (AvgIpc) is 2.54. The second kappa shape index (κ2) is 8.11. The van der Waals surface area contributed by atoms with Crippen molar-refractivity contribution in [1.82, 2.24) is 4.90 Å². The molecule has 0 fully saturated rings. The topological polar surface area (TPSA) is 32.3 Å².